The van der Waals surface area contributed by atoms with Crippen molar-refractivity contribution in [2.75, 3.05) is 0 Å². The number of para-hydroxylation sites is 2. The van der Waals surface area contributed by atoms with Gasteiger partial charge in [-0.3, -0.25) is 9.59 Å². The van der Waals surface area contributed by atoms with E-state index in [0.717, 1.165) is 44.2 Å². The number of allylic oxidation sites excluding steroid dienone is 7. The van der Waals surface area contributed by atoms with Gasteiger partial charge in [0.05, 0.1) is 0 Å². The summed E-state index contributed by atoms with van der Waals surface area (Å²) in [7, 11) is 1.97. The van der Waals surface area contributed by atoms with Crippen LogP contribution in [0.2, 0.25) is 0 Å². The average Bonchev–Trinajstić information content (AvgIpc) is 3.44. The minimum atomic E-state index is -0.440. The molecule has 0 saturated carbocycles. The van der Waals surface area contributed by atoms with Crippen molar-refractivity contribution in [3.63, 3.8) is 0 Å². The predicted molar refractivity (Wildman–Crippen MR) is 158 cm³/mol. The first kappa shape index (κ1) is 25.5. The summed E-state index contributed by atoms with van der Waals surface area (Å²) in [5, 5.41) is 1.90. The summed E-state index contributed by atoms with van der Waals surface area (Å²) < 4.78 is 2.02. The van der Waals surface area contributed by atoms with Gasteiger partial charge in [0.25, 0.3) is 0 Å². The molecule has 192 valence electrons. The Bertz CT molecular complexity index is 1740. The number of aryl methyl sites for hydroxylation is 1. The summed E-state index contributed by atoms with van der Waals surface area (Å²) in [4.78, 5) is 32.5. The predicted octanol–water partition coefficient (Wildman–Crippen LogP) is 7.86. The fourth-order valence-corrected chi connectivity index (χ4v) is 5.49. The van der Waals surface area contributed by atoms with Crippen molar-refractivity contribution >= 4 is 44.5 Å². The Hall–Kier alpha value is -4.18. The number of fused-ring (bicyclic) bond motifs is 2. The van der Waals surface area contributed by atoms with E-state index in [9.17, 15) is 9.59 Å². The summed E-state index contributed by atoms with van der Waals surface area (Å²) in [6, 6.07) is 16.0. The van der Waals surface area contributed by atoms with Gasteiger partial charge in [0.2, 0.25) is 0 Å². The number of benzene rings is 2. The van der Waals surface area contributed by atoms with Gasteiger partial charge in [-0.1, -0.05) is 68.0 Å². The molecule has 0 spiro atoms. The Morgan fingerprint density at radius 3 is 2.32 bits per heavy atom. The maximum atomic E-state index is 14.6. The van der Waals surface area contributed by atoms with Crippen molar-refractivity contribution in [3.05, 3.63) is 107 Å². The highest BCUT2D eigenvalue weighted by atomic mass is 16.1. The van der Waals surface area contributed by atoms with Crippen LogP contribution in [0.3, 0.4) is 0 Å². The highest BCUT2D eigenvalue weighted by Crippen LogP contribution is 2.44. The molecule has 0 fully saturated rings. The van der Waals surface area contributed by atoms with Crippen LogP contribution >= 0.6 is 0 Å². The molecule has 4 nitrogen and oxygen atoms in total. The first-order valence-electron chi connectivity index (χ1n) is 13.0. The lowest BCUT2D eigenvalue weighted by Crippen LogP contribution is -2.24. The molecule has 0 unspecified atom stereocenters. The van der Waals surface area contributed by atoms with Gasteiger partial charge in [-0.2, -0.15) is 0 Å². The molecule has 0 radical (unpaired) electrons. The molecule has 0 aliphatic heterocycles. The molecular formula is C34H34N2O2. The number of rotatable bonds is 6. The number of carbonyl (C=O) groups is 2. The summed E-state index contributed by atoms with van der Waals surface area (Å²) in [5.41, 5.74) is 7.13. The summed E-state index contributed by atoms with van der Waals surface area (Å²) in [5.74, 6) is -0.186. The Balaban J connectivity index is 1.83. The average molecular weight is 503 g/mol. The molecule has 1 N–H and O–H groups in total. The molecule has 2 heterocycles. The molecule has 2 aromatic heterocycles. The maximum Gasteiger partial charge on any atom is 0.191 e. The molecule has 0 saturated heterocycles. The summed E-state index contributed by atoms with van der Waals surface area (Å²) in [6.07, 6.45) is 6.29. The molecule has 0 bridgehead atoms. The Kier molecular flexibility index (Phi) is 6.22. The number of nitrogens with zero attached hydrogens (tertiary/aromatic N) is 1. The lowest BCUT2D eigenvalue weighted by atomic mass is 9.75. The zero-order chi connectivity index (χ0) is 27.4. The second-order valence-corrected chi connectivity index (χ2v) is 11.0. The number of ketones is 2. The van der Waals surface area contributed by atoms with Crippen LogP contribution in [0, 0.1) is 0 Å². The minimum Gasteiger partial charge on any atom is -0.357 e. The van der Waals surface area contributed by atoms with Crippen molar-refractivity contribution in [2.24, 2.45) is 7.05 Å². The van der Waals surface area contributed by atoms with E-state index in [2.05, 4.69) is 25.4 Å². The topological polar surface area (TPSA) is 54.9 Å². The SMILES string of the molecule is C=CC(C)(C)c1[nH]c2ccccc2c1C1=C(C)C(=O)C(c2cn(C)c3ccccc23)=C(CC=C(C)C)C1=O. The lowest BCUT2D eigenvalue weighted by Gasteiger charge is -2.26. The van der Waals surface area contributed by atoms with Gasteiger partial charge in [-0.25, -0.2) is 0 Å². The van der Waals surface area contributed by atoms with E-state index >= 15 is 0 Å². The molecular weight excluding hydrogens is 468 g/mol. The third-order valence-corrected chi connectivity index (χ3v) is 7.74. The third kappa shape index (κ3) is 3.92. The molecule has 38 heavy (non-hydrogen) atoms. The van der Waals surface area contributed by atoms with Crippen LogP contribution in [0.25, 0.3) is 33.0 Å². The fraction of sp³-hybridized carbons (Fsp3) is 0.235. The monoisotopic (exact) mass is 502 g/mol. The largest absolute Gasteiger partial charge is 0.357 e. The van der Waals surface area contributed by atoms with Crippen LogP contribution in [-0.2, 0) is 22.1 Å². The molecule has 2 aromatic carbocycles. The highest BCUT2D eigenvalue weighted by molar-refractivity contribution is 6.49. The molecule has 1 aliphatic carbocycles. The van der Waals surface area contributed by atoms with Crippen molar-refractivity contribution in [1.82, 2.24) is 9.55 Å². The minimum absolute atomic E-state index is 0.0894. The fourth-order valence-electron chi connectivity index (χ4n) is 5.49. The number of hydrogen-bond acceptors (Lipinski definition) is 2. The molecule has 4 heteroatoms. The molecule has 0 amide bonds. The smallest absolute Gasteiger partial charge is 0.191 e. The second kappa shape index (κ2) is 9.29. The van der Waals surface area contributed by atoms with Crippen LogP contribution < -0.4 is 0 Å². The summed E-state index contributed by atoms with van der Waals surface area (Å²) in [6.45, 7) is 14.0. The molecule has 4 aromatic rings. The summed E-state index contributed by atoms with van der Waals surface area (Å²) >= 11 is 0. The number of aromatic nitrogens is 2. The van der Waals surface area contributed by atoms with Gasteiger partial charge in [0, 0.05) is 79.6 Å². The molecule has 1 aliphatic rings. The van der Waals surface area contributed by atoms with Crippen molar-refractivity contribution in [1.29, 1.82) is 0 Å². The lowest BCUT2D eigenvalue weighted by molar-refractivity contribution is -0.113. The Labute approximate surface area is 224 Å². The Morgan fingerprint density at radius 2 is 1.63 bits per heavy atom. The van der Waals surface area contributed by atoms with Gasteiger partial charge in [-0.05, 0) is 39.3 Å². The van der Waals surface area contributed by atoms with Crippen molar-refractivity contribution in [2.45, 2.75) is 46.5 Å². The third-order valence-electron chi connectivity index (χ3n) is 7.74. The van der Waals surface area contributed by atoms with Crippen LogP contribution in [0.15, 0.2) is 90.2 Å². The van der Waals surface area contributed by atoms with Gasteiger partial charge in [-0.15, -0.1) is 6.58 Å². The van der Waals surface area contributed by atoms with E-state index < -0.39 is 5.41 Å². The van der Waals surface area contributed by atoms with Crippen molar-refractivity contribution < 1.29 is 9.59 Å². The molecule has 0 atom stereocenters. The number of H-pyrrole nitrogens is 1. The van der Waals surface area contributed by atoms with E-state index in [0.29, 0.717) is 28.7 Å². The number of hydrogen-bond donors (Lipinski definition) is 1. The van der Waals surface area contributed by atoms with Crippen LogP contribution in [0.5, 0.6) is 0 Å². The number of Topliss-reactive ketones (excluding diaryl/α,β-unsaturated/α-hetero) is 2. The maximum absolute atomic E-state index is 14.6. The van der Waals surface area contributed by atoms with Gasteiger partial charge in [0.15, 0.2) is 11.6 Å². The van der Waals surface area contributed by atoms with Gasteiger partial charge < -0.3 is 9.55 Å². The van der Waals surface area contributed by atoms with E-state index in [1.807, 2.05) is 92.3 Å². The zero-order valence-electron chi connectivity index (χ0n) is 23.0. The van der Waals surface area contributed by atoms with Crippen LogP contribution in [0.1, 0.15) is 57.9 Å². The number of carbonyl (C=O) groups excluding carboxylic acids is 2. The van der Waals surface area contributed by atoms with Crippen molar-refractivity contribution in [3.8, 4) is 0 Å². The Morgan fingerprint density at radius 1 is 0.974 bits per heavy atom. The zero-order valence-corrected chi connectivity index (χ0v) is 23.0. The second-order valence-electron chi connectivity index (χ2n) is 11.0. The first-order valence-corrected chi connectivity index (χ1v) is 13.0. The number of nitrogens with one attached hydrogen (secondary N) is 1. The van der Waals surface area contributed by atoms with E-state index in [-0.39, 0.29) is 11.6 Å². The first-order chi connectivity index (χ1) is 18.1. The van der Waals surface area contributed by atoms with Gasteiger partial charge in [0.1, 0.15) is 0 Å². The number of aromatic amines is 1. The molecule has 5 rings (SSSR count). The van der Waals surface area contributed by atoms with Crippen LogP contribution in [0.4, 0.5) is 0 Å². The van der Waals surface area contributed by atoms with E-state index in [1.165, 1.54) is 0 Å². The van der Waals surface area contributed by atoms with E-state index in [4.69, 9.17) is 0 Å². The van der Waals surface area contributed by atoms with E-state index in [1.54, 1.807) is 6.92 Å². The normalized spacial score (nSPS) is 14.7. The van der Waals surface area contributed by atoms with Gasteiger partial charge >= 0.3 is 0 Å². The van der Waals surface area contributed by atoms with Crippen LogP contribution in [-0.4, -0.2) is 21.1 Å². The quantitative estimate of drug-likeness (QED) is 0.215. The standard InChI is InChI=1S/C34H34N2O2/c1-8-34(5,6)33-30(23-14-9-11-15-26(23)35-33)28-21(4)31(37)29(24(32(28)38)18-17-20(2)3)25-19-36(7)27-16-12-10-13-22(25)27/h8-17,19,35H,1,18H2,2-7H3. The highest BCUT2D eigenvalue weighted by Gasteiger charge is 2.38.